The molecular weight excluding hydrogens is 501 g/mol. The van der Waals surface area contributed by atoms with E-state index in [1.54, 1.807) is 18.2 Å². The molecule has 0 saturated carbocycles. The van der Waals surface area contributed by atoms with Crippen molar-refractivity contribution >= 4 is 29.2 Å². The van der Waals surface area contributed by atoms with Gasteiger partial charge in [0.05, 0.1) is 6.26 Å². The van der Waals surface area contributed by atoms with Gasteiger partial charge in [0.15, 0.2) is 5.76 Å². The summed E-state index contributed by atoms with van der Waals surface area (Å²) in [6.45, 7) is 8.43. The fraction of sp³-hybridized carbons (Fsp3) is 0.345. The van der Waals surface area contributed by atoms with Crippen LogP contribution in [0, 0.1) is 5.82 Å². The fourth-order valence-corrected chi connectivity index (χ4v) is 4.26. The summed E-state index contributed by atoms with van der Waals surface area (Å²) in [6.07, 6.45) is 1.39. The van der Waals surface area contributed by atoms with Crippen molar-refractivity contribution in [2.24, 2.45) is 0 Å². The number of anilines is 2. The summed E-state index contributed by atoms with van der Waals surface area (Å²) >= 11 is 0. The van der Waals surface area contributed by atoms with Crippen molar-refractivity contribution < 1.29 is 23.2 Å². The summed E-state index contributed by atoms with van der Waals surface area (Å²) in [5, 5.41) is 5.83. The van der Waals surface area contributed by atoms with E-state index in [9.17, 15) is 18.8 Å². The Bertz CT molecular complexity index is 1260. The Morgan fingerprint density at radius 3 is 2.21 bits per heavy atom. The van der Waals surface area contributed by atoms with Crippen molar-refractivity contribution in [1.29, 1.82) is 0 Å². The average Bonchev–Trinajstić information content (AvgIpc) is 3.44. The lowest BCUT2D eigenvalue weighted by Crippen LogP contribution is -2.55. The van der Waals surface area contributed by atoms with Crippen LogP contribution in [0.2, 0.25) is 0 Å². The number of carbonyl (C=O) groups excluding carboxylic acids is 3. The second-order valence-electron chi connectivity index (χ2n) is 10.5. The zero-order valence-corrected chi connectivity index (χ0v) is 22.4. The maximum Gasteiger partial charge on any atom is 0.317 e. The Hall–Kier alpha value is -4.34. The first-order valence-corrected chi connectivity index (χ1v) is 12.9. The van der Waals surface area contributed by atoms with Crippen LogP contribution in [-0.4, -0.2) is 65.9 Å². The third-order valence-corrected chi connectivity index (χ3v) is 6.21. The highest BCUT2D eigenvalue weighted by Gasteiger charge is 2.25. The number of rotatable bonds is 7. The number of nitrogens with one attached hydrogen (secondary N) is 2. The third-order valence-electron chi connectivity index (χ3n) is 6.21. The van der Waals surface area contributed by atoms with Crippen molar-refractivity contribution in [3.05, 3.63) is 84.1 Å². The number of carbonyl (C=O) groups is 3. The van der Waals surface area contributed by atoms with Crippen LogP contribution in [0.5, 0.6) is 0 Å². The molecule has 2 N–H and O–H groups in total. The minimum Gasteiger partial charge on any atom is -0.459 e. The Morgan fingerprint density at radius 2 is 1.62 bits per heavy atom. The van der Waals surface area contributed by atoms with Crippen LogP contribution in [0.3, 0.4) is 0 Å². The van der Waals surface area contributed by atoms with E-state index < -0.39 is 5.91 Å². The number of hydrogen-bond acceptors (Lipinski definition) is 5. The van der Waals surface area contributed by atoms with Crippen LogP contribution in [0.15, 0.2) is 71.3 Å². The quantitative estimate of drug-likeness (QED) is 0.469. The molecule has 0 bridgehead atoms. The second-order valence-corrected chi connectivity index (χ2v) is 10.5. The van der Waals surface area contributed by atoms with Gasteiger partial charge in [0.1, 0.15) is 12.4 Å². The smallest absolute Gasteiger partial charge is 0.317 e. The second kappa shape index (κ2) is 12.0. The highest BCUT2D eigenvalue weighted by Crippen LogP contribution is 2.20. The molecule has 10 heteroatoms. The van der Waals surface area contributed by atoms with Crippen LogP contribution < -0.4 is 15.5 Å². The largest absolute Gasteiger partial charge is 0.459 e. The number of hydrogen-bond donors (Lipinski definition) is 2. The molecule has 9 nitrogen and oxygen atoms in total. The summed E-state index contributed by atoms with van der Waals surface area (Å²) in [4.78, 5) is 43.6. The van der Waals surface area contributed by atoms with Crippen molar-refractivity contribution in [2.75, 3.05) is 42.9 Å². The first-order chi connectivity index (χ1) is 18.6. The van der Waals surface area contributed by atoms with Gasteiger partial charge in [-0.25, -0.2) is 9.18 Å². The normalized spacial score (nSPS) is 13.6. The third kappa shape index (κ3) is 7.83. The molecule has 0 aliphatic carbocycles. The topological polar surface area (TPSA) is 98.1 Å². The summed E-state index contributed by atoms with van der Waals surface area (Å²) < 4.78 is 18.6. The van der Waals surface area contributed by atoms with Crippen molar-refractivity contribution in [3.8, 4) is 0 Å². The van der Waals surface area contributed by atoms with Gasteiger partial charge < -0.3 is 29.8 Å². The zero-order chi connectivity index (χ0) is 28.0. The lowest BCUT2D eigenvalue weighted by atomic mass is 10.1. The first kappa shape index (κ1) is 27.7. The summed E-state index contributed by atoms with van der Waals surface area (Å²) in [5.74, 6) is -1.07. The van der Waals surface area contributed by atoms with Crippen molar-refractivity contribution in [2.45, 2.75) is 32.9 Å². The monoisotopic (exact) mass is 535 g/mol. The molecular formula is C29H34FN5O4. The number of benzene rings is 2. The molecule has 4 rings (SSSR count). The molecule has 206 valence electrons. The highest BCUT2D eigenvalue weighted by molar-refractivity contribution is 5.98. The molecule has 3 aromatic rings. The molecule has 0 spiro atoms. The maximum atomic E-state index is 13.3. The van der Waals surface area contributed by atoms with Gasteiger partial charge in [0.2, 0.25) is 5.91 Å². The van der Waals surface area contributed by atoms with Gasteiger partial charge in [0, 0.05) is 49.6 Å². The molecule has 1 fully saturated rings. The molecule has 0 atom stereocenters. The van der Waals surface area contributed by atoms with Gasteiger partial charge in [-0.3, -0.25) is 9.59 Å². The van der Waals surface area contributed by atoms with E-state index in [1.807, 2.05) is 49.9 Å². The molecule has 1 aliphatic heterocycles. The average molecular weight is 536 g/mol. The van der Waals surface area contributed by atoms with Crippen LogP contribution >= 0.6 is 0 Å². The van der Waals surface area contributed by atoms with Gasteiger partial charge in [0.25, 0.3) is 5.91 Å². The molecule has 0 unspecified atom stereocenters. The van der Waals surface area contributed by atoms with Crippen molar-refractivity contribution in [3.63, 3.8) is 0 Å². The van der Waals surface area contributed by atoms with E-state index in [-0.39, 0.29) is 42.1 Å². The van der Waals surface area contributed by atoms with Crippen LogP contribution in [0.25, 0.3) is 0 Å². The number of halogens is 1. The Kier molecular flexibility index (Phi) is 8.53. The standard InChI is InChI=1S/C29H34FN5O4/c1-29(2,3)32-28(38)34-16-14-33(15-17-34)24-12-10-23(11-13-24)31-26(36)20-35(27(37)25-5-4-18-39-25)19-21-6-8-22(30)9-7-21/h4-13,18H,14-17,19-20H2,1-3H3,(H,31,36)(H,32,38). The molecule has 39 heavy (non-hydrogen) atoms. The predicted octanol–water partition coefficient (Wildman–Crippen LogP) is 4.33. The number of urea groups is 1. The SMILES string of the molecule is CC(C)(C)NC(=O)N1CCN(c2ccc(NC(=O)CN(Cc3ccc(F)cc3)C(=O)c3ccco3)cc2)CC1. The molecule has 2 heterocycles. The molecule has 1 aliphatic rings. The minimum atomic E-state index is -0.440. The summed E-state index contributed by atoms with van der Waals surface area (Å²) in [5.41, 5.74) is 2.00. The zero-order valence-electron chi connectivity index (χ0n) is 22.4. The number of furan rings is 1. The maximum absolute atomic E-state index is 13.3. The molecule has 4 amide bonds. The van der Waals surface area contributed by atoms with Crippen LogP contribution in [0.1, 0.15) is 36.9 Å². The number of piperazine rings is 1. The van der Waals surface area contributed by atoms with E-state index in [2.05, 4.69) is 15.5 Å². The first-order valence-electron chi connectivity index (χ1n) is 12.9. The lowest BCUT2D eigenvalue weighted by Gasteiger charge is -2.37. The van der Waals surface area contributed by atoms with E-state index in [0.717, 1.165) is 5.69 Å². The van der Waals surface area contributed by atoms with Gasteiger partial charge in [-0.1, -0.05) is 12.1 Å². The molecule has 2 aromatic carbocycles. The highest BCUT2D eigenvalue weighted by atomic mass is 19.1. The fourth-order valence-electron chi connectivity index (χ4n) is 4.26. The van der Waals surface area contributed by atoms with E-state index in [1.165, 1.54) is 29.4 Å². The van der Waals surface area contributed by atoms with E-state index in [4.69, 9.17) is 4.42 Å². The minimum absolute atomic E-state index is 0.0563. The van der Waals surface area contributed by atoms with Gasteiger partial charge in [-0.15, -0.1) is 0 Å². The Morgan fingerprint density at radius 1 is 0.949 bits per heavy atom. The number of amides is 4. The van der Waals surface area contributed by atoms with Crippen LogP contribution in [-0.2, 0) is 11.3 Å². The molecule has 1 aromatic heterocycles. The predicted molar refractivity (Wildman–Crippen MR) is 147 cm³/mol. The van der Waals surface area contributed by atoms with Gasteiger partial charge in [-0.2, -0.15) is 0 Å². The summed E-state index contributed by atoms with van der Waals surface area (Å²) in [6, 6.07) is 16.3. The van der Waals surface area contributed by atoms with Crippen molar-refractivity contribution in [1.82, 2.24) is 15.1 Å². The van der Waals surface area contributed by atoms with E-state index >= 15 is 0 Å². The van der Waals surface area contributed by atoms with Gasteiger partial charge >= 0.3 is 6.03 Å². The lowest BCUT2D eigenvalue weighted by molar-refractivity contribution is -0.117. The van der Waals surface area contributed by atoms with E-state index in [0.29, 0.717) is 37.4 Å². The molecule has 0 radical (unpaired) electrons. The number of nitrogens with zero attached hydrogens (tertiary/aromatic N) is 3. The molecule has 1 saturated heterocycles. The van der Waals surface area contributed by atoms with Crippen LogP contribution in [0.4, 0.5) is 20.6 Å². The Labute approximate surface area is 227 Å². The summed E-state index contributed by atoms with van der Waals surface area (Å²) in [7, 11) is 0. The Balaban J connectivity index is 1.33. The van der Waals surface area contributed by atoms with Gasteiger partial charge in [-0.05, 0) is 74.9 Å².